The first-order valence-electron chi connectivity index (χ1n) is 6.51. The molecule has 0 atom stereocenters. The molecule has 0 aliphatic carbocycles. The van der Waals surface area contributed by atoms with Crippen molar-refractivity contribution in [1.82, 2.24) is 9.97 Å². The van der Waals surface area contributed by atoms with Crippen LogP contribution >= 0.6 is 23.2 Å². The molecule has 3 aromatic rings. The predicted octanol–water partition coefficient (Wildman–Crippen LogP) is 4.52. The van der Waals surface area contributed by atoms with Crippen molar-refractivity contribution in [1.29, 1.82) is 0 Å². The largest absolute Gasteiger partial charge is 0.324 e. The number of imidazole rings is 1. The van der Waals surface area contributed by atoms with Gasteiger partial charge in [0.1, 0.15) is 0 Å². The van der Waals surface area contributed by atoms with E-state index in [1.807, 2.05) is 24.3 Å². The van der Waals surface area contributed by atoms with Gasteiger partial charge in [-0.1, -0.05) is 41.4 Å². The number of nitrogens with one attached hydrogen (secondary N) is 2. The summed E-state index contributed by atoms with van der Waals surface area (Å²) >= 11 is 11.8. The number of para-hydroxylation sites is 2. The number of nitrogens with zero attached hydrogens (tertiary/aromatic N) is 1. The number of aromatic amines is 1. The van der Waals surface area contributed by atoms with Crippen molar-refractivity contribution in [3.8, 4) is 0 Å². The molecule has 0 radical (unpaired) electrons. The number of halogens is 2. The van der Waals surface area contributed by atoms with Gasteiger partial charge in [0, 0.05) is 6.08 Å². The lowest BCUT2D eigenvalue weighted by atomic mass is 10.2. The second-order valence-electron chi connectivity index (χ2n) is 4.60. The van der Waals surface area contributed by atoms with E-state index in [1.54, 1.807) is 24.3 Å². The van der Waals surface area contributed by atoms with Gasteiger partial charge < -0.3 is 4.98 Å². The first kappa shape index (κ1) is 14.6. The van der Waals surface area contributed by atoms with E-state index in [4.69, 9.17) is 23.2 Å². The molecule has 1 aromatic heterocycles. The predicted molar refractivity (Wildman–Crippen MR) is 90.2 cm³/mol. The Kier molecular flexibility index (Phi) is 4.13. The standard InChI is InChI=1S/C16H11Cl2N3O/c17-11-7-5-10(9-12(11)18)6-8-15(22)21-16-19-13-3-1-2-4-14(13)20-16/h1-9H,(H2,19,20,21,22). The highest BCUT2D eigenvalue weighted by Crippen LogP contribution is 2.23. The highest BCUT2D eigenvalue weighted by molar-refractivity contribution is 6.42. The third-order valence-electron chi connectivity index (χ3n) is 3.00. The van der Waals surface area contributed by atoms with E-state index in [1.165, 1.54) is 6.08 Å². The second-order valence-corrected chi connectivity index (χ2v) is 5.41. The molecule has 22 heavy (non-hydrogen) atoms. The van der Waals surface area contributed by atoms with Crippen LogP contribution in [0.2, 0.25) is 10.0 Å². The van der Waals surface area contributed by atoms with E-state index in [2.05, 4.69) is 15.3 Å². The van der Waals surface area contributed by atoms with E-state index in [0.29, 0.717) is 16.0 Å². The molecule has 0 unspecified atom stereocenters. The molecule has 110 valence electrons. The number of carbonyl (C=O) groups excluding carboxylic acids is 1. The van der Waals surface area contributed by atoms with Gasteiger partial charge in [-0.15, -0.1) is 0 Å². The monoisotopic (exact) mass is 331 g/mol. The molecule has 6 heteroatoms. The lowest BCUT2D eigenvalue weighted by Gasteiger charge is -1.98. The number of benzene rings is 2. The zero-order valence-corrected chi connectivity index (χ0v) is 12.8. The Morgan fingerprint density at radius 1 is 1.14 bits per heavy atom. The van der Waals surface area contributed by atoms with Crippen LogP contribution in [-0.2, 0) is 4.79 Å². The van der Waals surface area contributed by atoms with E-state index < -0.39 is 0 Å². The third kappa shape index (κ3) is 3.30. The first-order valence-corrected chi connectivity index (χ1v) is 7.26. The van der Waals surface area contributed by atoms with Crippen molar-refractivity contribution in [2.45, 2.75) is 0 Å². The van der Waals surface area contributed by atoms with Crippen LogP contribution in [0, 0.1) is 0 Å². The summed E-state index contributed by atoms with van der Waals surface area (Å²) in [5.74, 6) is 0.120. The number of fused-ring (bicyclic) bond motifs is 1. The van der Waals surface area contributed by atoms with Crippen LogP contribution in [0.15, 0.2) is 48.5 Å². The fraction of sp³-hybridized carbons (Fsp3) is 0. The fourth-order valence-corrected chi connectivity index (χ4v) is 2.26. The van der Waals surface area contributed by atoms with E-state index in [0.717, 1.165) is 16.6 Å². The van der Waals surface area contributed by atoms with Gasteiger partial charge in [-0.2, -0.15) is 0 Å². The average Bonchev–Trinajstić information content (AvgIpc) is 2.90. The number of hydrogen-bond donors (Lipinski definition) is 2. The highest BCUT2D eigenvalue weighted by Gasteiger charge is 2.04. The SMILES string of the molecule is O=C(C=Cc1ccc(Cl)c(Cl)c1)Nc1nc2ccccc2[nH]1. The molecule has 0 aliphatic rings. The Morgan fingerprint density at radius 2 is 1.95 bits per heavy atom. The Labute approximate surface area is 136 Å². The number of aromatic nitrogens is 2. The molecule has 0 spiro atoms. The maximum atomic E-state index is 11.9. The van der Waals surface area contributed by atoms with Crippen molar-refractivity contribution in [3.05, 3.63) is 64.1 Å². The van der Waals surface area contributed by atoms with Crippen LogP contribution in [0.5, 0.6) is 0 Å². The minimum absolute atomic E-state index is 0.287. The van der Waals surface area contributed by atoms with Gasteiger partial charge in [-0.05, 0) is 35.9 Å². The summed E-state index contributed by atoms with van der Waals surface area (Å²) in [6.07, 6.45) is 3.06. The lowest BCUT2D eigenvalue weighted by Crippen LogP contribution is -2.08. The molecule has 0 saturated heterocycles. The number of anilines is 1. The van der Waals surface area contributed by atoms with E-state index >= 15 is 0 Å². The van der Waals surface area contributed by atoms with Crippen molar-refractivity contribution in [2.75, 3.05) is 5.32 Å². The normalized spacial score (nSPS) is 11.2. The molecule has 2 aromatic carbocycles. The summed E-state index contributed by atoms with van der Waals surface area (Å²) in [5.41, 5.74) is 2.45. The topological polar surface area (TPSA) is 57.8 Å². The summed E-state index contributed by atoms with van der Waals surface area (Å²) < 4.78 is 0. The number of carbonyl (C=O) groups is 1. The van der Waals surface area contributed by atoms with Crippen LogP contribution in [0.4, 0.5) is 5.95 Å². The molecule has 1 amide bonds. The smallest absolute Gasteiger partial charge is 0.250 e. The van der Waals surface area contributed by atoms with Crippen LogP contribution in [-0.4, -0.2) is 15.9 Å². The Morgan fingerprint density at radius 3 is 2.73 bits per heavy atom. The molecule has 4 nitrogen and oxygen atoms in total. The van der Waals surface area contributed by atoms with Gasteiger partial charge >= 0.3 is 0 Å². The first-order chi connectivity index (χ1) is 10.6. The Bertz CT molecular complexity index is 838. The van der Waals surface area contributed by atoms with Gasteiger partial charge in [0.25, 0.3) is 5.91 Å². The molecular weight excluding hydrogens is 321 g/mol. The third-order valence-corrected chi connectivity index (χ3v) is 3.74. The lowest BCUT2D eigenvalue weighted by molar-refractivity contribution is -0.111. The number of H-pyrrole nitrogens is 1. The van der Waals surface area contributed by atoms with E-state index in [-0.39, 0.29) is 5.91 Å². The quantitative estimate of drug-likeness (QED) is 0.693. The molecule has 2 N–H and O–H groups in total. The summed E-state index contributed by atoms with van der Waals surface area (Å²) in [4.78, 5) is 19.2. The molecule has 0 bridgehead atoms. The Balaban J connectivity index is 1.71. The maximum Gasteiger partial charge on any atom is 0.250 e. The highest BCUT2D eigenvalue weighted by atomic mass is 35.5. The molecular formula is C16H11Cl2N3O. The molecule has 0 saturated carbocycles. The van der Waals surface area contributed by atoms with Crippen LogP contribution in [0.3, 0.4) is 0 Å². The van der Waals surface area contributed by atoms with Crippen molar-refractivity contribution < 1.29 is 4.79 Å². The van der Waals surface area contributed by atoms with Gasteiger partial charge in [0.2, 0.25) is 5.95 Å². The van der Waals surface area contributed by atoms with Crippen LogP contribution < -0.4 is 5.32 Å². The summed E-state index contributed by atoms with van der Waals surface area (Å²) in [6.45, 7) is 0. The Hall–Kier alpha value is -2.30. The minimum atomic E-state index is -0.287. The van der Waals surface area contributed by atoms with Gasteiger partial charge in [-0.3, -0.25) is 10.1 Å². The number of rotatable bonds is 3. The average molecular weight is 332 g/mol. The molecule has 0 fully saturated rings. The van der Waals surface area contributed by atoms with Gasteiger partial charge in [0.15, 0.2) is 0 Å². The molecule has 1 heterocycles. The molecule has 3 rings (SSSR count). The van der Waals surface area contributed by atoms with Crippen molar-refractivity contribution in [3.63, 3.8) is 0 Å². The van der Waals surface area contributed by atoms with Crippen molar-refractivity contribution in [2.24, 2.45) is 0 Å². The zero-order chi connectivity index (χ0) is 15.5. The fourth-order valence-electron chi connectivity index (χ4n) is 1.96. The van der Waals surface area contributed by atoms with Crippen LogP contribution in [0.1, 0.15) is 5.56 Å². The molecule has 0 aliphatic heterocycles. The summed E-state index contributed by atoms with van der Waals surface area (Å²) in [7, 11) is 0. The summed E-state index contributed by atoms with van der Waals surface area (Å²) in [5, 5.41) is 3.60. The zero-order valence-electron chi connectivity index (χ0n) is 11.3. The maximum absolute atomic E-state index is 11.9. The van der Waals surface area contributed by atoms with Crippen molar-refractivity contribution >= 4 is 52.2 Å². The van der Waals surface area contributed by atoms with Gasteiger partial charge in [-0.25, -0.2) is 4.98 Å². The number of hydrogen-bond acceptors (Lipinski definition) is 2. The van der Waals surface area contributed by atoms with Gasteiger partial charge in [0.05, 0.1) is 21.1 Å². The summed E-state index contributed by atoms with van der Waals surface area (Å²) in [6, 6.07) is 12.7. The van der Waals surface area contributed by atoms with Crippen LogP contribution in [0.25, 0.3) is 17.1 Å². The number of amides is 1. The van der Waals surface area contributed by atoms with E-state index in [9.17, 15) is 4.79 Å². The second kappa shape index (κ2) is 6.22. The minimum Gasteiger partial charge on any atom is -0.324 e.